The summed E-state index contributed by atoms with van der Waals surface area (Å²) in [6.07, 6.45) is -2.19. The lowest BCUT2D eigenvalue weighted by Crippen LogP contribution is -2.73. The number of hydrogen-bond acceptors (Lipinski definition) is 7. The molecule has 0 radical (unpaired) electrons. The van der Waals surface area contributed by atoms with Gasteiger partial charge in [0.2, 0.25) is 0 Å². The summed E-state index contributed by atoms with van der Waals surface area (Å²) in [6, 6.07) is 6.00. The van der Waals surface area contributed by atoms with Gasteiger partial charge >= 0.3 is 22.5 Å². The second kappa shape index (κ2) is 7.36. The van der Waals surface area contributed by atoms with Crippen molar-refractivity contribution < 1.29 is 36.8 Å². The number of hydrogen-bond donors (Lipinski definition) is 3. The van der Waals surface area contributed by atoms with E-state index in [4.69, 9.17) is 15.0 Å². The third-order valence-electron chi connectivity index (χ3n) is 3.30. The van der Waals surface area contributed by atoms with Gasteiger partial charge < -0.3 is 20.5 Å². The van der Waals surface area contributed by atoms with Crippen LogP contribution in [0, 0.1) is 0 Å². The number of primary amides is 1. The summed E-state index contributed by atoms with van der Waals surface area (Å²) in [5.41, 5.74) is 5.48. The summed E-state index contributed by atoms with van der Waals surface area (Å²) in [7, 11) is -4.88. The molecule has 1 aromatic rings. The largest absolute Gasteiger partial charge is 0.447 e. The fraction of sp³-hybridized carbons (Fsp3) is 0.308. The van der Waals surface area contributed by atoms with Crippen molar-refractivity contribution in [3.8, 4) is 0 Å². The summed E-state index contributed by atoms with van der Waals surface area (Å²) in [5.74, 6) is -1.10. The molecule has 12 heteroatoms. The van der Waals surface area contributed by atoms with Crippen molar-refractivity contribution in [1.29, 1.82) is 0 Å². The number of carbonyl (C=O) groups excluding carboxylic acids is 3. The van der Waals surface area contributed by atoms with E-state index < -0.39 is 47.1 Å². The summed E-state index contributed by atoms with van der Waals surface area (Å²) in [5, 5.41) is 2.15. The summed E-state index contributed by atoms with van der Waals surface area (Å²) < 4.78 is 40.8. The molecule has 25 heavy (non-hydrogen) atoms. The Hall–Kier alpha value is -2.86. The summed E-state index contributed by atoms with van der Waals surface area (Å²) >= 11 is 0. The maximum absolute atomic E-state index is 11.8. The van der Waals surface area contributed by atoms with E-state index in [2.05, 4.69) is 10.1 Å². The average Bonchev–Trinajstić information content (AvgIpc) is 2.53. The molecule has 1 aromatic carbocycles. The standard InChI is InChI=1S/C13H15N3O8S/c14-12(18)23-7-9-10(11(17)16(9)25(20,21)22)15-13(19)24-6-8-4-2-1-3-5-8/h1-5,9-10H,6-7H2,(H2,14,18)(H,15,19)(H,20,21,22)/t9-,10+/m1/s1. The first-order chi connectivity index (χ1) is 11.7. The third-order valence-corrected chi connectivity index (χ3v) is 4.25. The van der Waals surface area contributed by atoms with Gasteiger partial charge in [0, 0.05) is 0 Å². The van der Waals surface area contributed by atoms with E-state index in [9.17, 15) is 22.8 Å². The van der Waals surface area contributed by atoms with Crippen LogP contribution in [0.4, 0.5) is 9.59 Å². The van der Waals surface area contributed by atoms with E-state index in [1.165, 1.54) is 0 Å². The highest BCUT2D eigenvalue weighted by molar-refractivity contribution is 7.84. The molecule has 1 fully saturated rings. The number of ether oxygens (including phenoxy) is 2. The second-order valence-corrected chi connectivity index (χ2v) is 6.28. The number of carbonyl (C=O) groups is 3. The lowest BCUT2D eigenvalue weighted by atomic mass is 10.00. The smallest absolute Gasteiger partial charge is 0.408 e. The predicted molar refractivity (Wildman–Crippen MR) is 81.3 cm³/mol. The monoisotopic (exact) mass is 373 g/mol. The molecule has 0 saturated carbocycles. The first kappa shape index (κ1) is 18.5. The number of alkyl carbamates (subject to hydrolysis) is 1. The van der Waals surface area contributed by atoms with Crippen molar-refractivity contribution in [3.63, 3.8) is 0 Å². The molecule has 0 spiro atoms. The van der Waals surface area contributed by atoms with E-state index in [0.29, 0.717) is 5.56 Å². The first-order valence-electron chi connectivity index (χ1n) is 6.90. The fourth-order valence-corrected chi connectivity index (χ4v) is 3.05. The minimum Gasteiger partial charge on any atom is -0.447 e. The minimum absolute atomic E-state index is 0.0714. The number of nitrogens with zero attached hydrogens (tertiary/aromatic N) is 1. The second-order valence-electron chi connectivity index (χ2n) is 4.99. The highest BCUT2D eigenvalue weighted by atomic mass is 32.2. The van der Waals surface area contributed by atoms with Gasteiger partial charge in [0.25, 0.3) is 5.91 Å². The van der Waals surface area contributed by atoms with Gasteiger partial charge in [-0.1, -0.05) is 30.3 Å². The lowest BCUT2D eigenvalue weighted by molar-refractivity contribution is -0.144. The van der Waals surface area contributed by atoms with Crippen LogP contribution in [-0.2, 0) is 31.2 Å². The molecule has 136 valence electrons. The first-order valence-corrected chi connectivity index (χ1v) is 8.30. The Bertz CT molecular complexity index is 767. The zero-order chi connectivity index (χ0) is 18.6. The molecule has 1 aliphatic heterocycles. The maximum atomic E-state index is 11.8. The number of β-lactam (4-membered cyclic amide) rings is 1. The zero-order valence-electron chi connectivity index (χ0n) is 12.7. The number of nitrogens with two attached hydrogens (primary N) is 1. The van der Waals surface area contributed by atoms with Crippen LogP contribution in [-0.4, -0.2) is 54.1 Å². The van der Waals surface area contributed by atoms with Gasteiger partial charge in [-0.2, -0.15) is 8.42 Å². The van der Waals surface area contributed by atoms with Crippen molar-refractivity contribution >= 4 is 28.4 Å². The molecule has 2 atom stereocenters. The van der Waals surface area contributed by atoms with Gasteiger partial charge in [-0.25, -0.2) is 13.9 Å². The Labute approximate surface area is 142 Å². The van der Waals surface area contributed by atoms with Gasteiger partial charge in [-0.05, 0) is 5.56 Å². The third kappa shape index (κ3) is 4.58. The molecule has 0 aliphatic carbocycles. The van der Waals surface area contributed by atoms with E-state index in [1.54, 1.807) is 30.3 Å². The van der Waals surface area contributed by atoms with Gasteiger partial charge in [0.15, 0.2) is 0 Å². The van der Waals surface area contributed by atoms with Crippen LogP contribution in [0.25, 0.3) is 0 Å². The lowest BCUT2D eigenvalue weighted by Gasteiger charge is -2.43. The normalized spacial score (nSPS) is 19.7. The molecule has 0 unspecified atom stereocenters. The molecular formula is C13H15N3O8S. The molecule has 1 heterocycles. The Kier molecular flexibility index (Phi) is 5.44. The van der Waals surface area contributed by atoms with E-state index in [1.807, 2.05) is 0 Å². The van der Waals surface area contributed by atoms with Crippen LogP contribution < -0.4 is 11.1 Å². The van der Waals surface area contributed by atoms with Crippen LogP contribution in [0.3, 0.4) is 0 Å². The Morgan fingerprint density at radius 3 is 2.44 bits per heavy atom. The maximum Gasteiger partial charge on any atom is 0.408 e. The minimum atomic E-state index is -4.88. The molecule has 0 bridgehead atoms. The Morgan fingerprint density at radius 1 is 1.24 bits per heavy atom. The fourth-order valence-electron chi connectivity index (χ4n) is 2.18. The van der Waals surface area contributed by atoms with Crippen LogP contribution in [0.5, 0.6) is 0 Å². The van der Waals surface area contributed by atoms with Gasteiger partial charge in [0.1, 0.15) is 25.3 Å². The van der Waals surface area contributed by atoms with Crippen molar-refractivity contribution in [3.05, 3.63) is 35.9 Å². The molecule has 2 rings (SSSR count). The van der Waals surface area contributed by atoms with Crippen LogP contribution >= 0.6 is 0 Å². The summed E-state index contributed by atoms with van der Waals surface area (Å²) in [4.78, 5) is 34.2. The van der Waals surface area contributed by atoms with Crippen molar-refractivity contribution in [2.75, 3.05) is 6.61 Å². The molecule has 1 saturated heterocycles. The topological polar surface area (TPSA) is 165 Å². The van der Waals surface area contributed by atoms with E-state index in [-0.39, 0.29) is 10.9 Å². The van der Waals surface area contributed by atoms with Gasteiger partial charge in [-0.3, -0.25) is 9.35 Å². The molecule has 11 nitrogen and oxygen atoms in total. The van der Waals surface area contributed by atoms with E-state index in [0.717, 1.165) is 0 Å². The van der Waals surface area contributed by atoms with Crippen molar-refractivity contribution in [2.24, 2.45) is 5.73 Å². The highest BCUT2D eigenvalue weighted by Crippen LogP contribution is 2.24. The molecule has 1 aliphatic rings. The Morgan fingerprint density at radius 2 is 1.88 bits per heavy atom. The van der Waals surface area contributed by atoms with Gasteiger partial charge in [-0.15, -0.1) is 0 Å². The number of amides is 3. The summed E-state index contributed by atoms with van der Waals surface area (Å²) in [6.45, 7) is -0.706. The average molecular weight is 373 g/mol. The van der Waals surface area contributed by atoms with Crippen molar-refractivity contribution in [2.45, 2.75) is 18.7 Å². The number of rotatable bonds is 6. The SMILES string of the molecule is NC(=O)OC[C@@H]1[C@H](NC(=O)OCc2ccccc2)C(=O)N1S(=O)(=O)O. The van der Waals surface area contributed by atoms with Crippen molar-refractivity contribution in [1.82, 2.24) is 9.62 Å². The van der Waals surface area contributed by atoms with Crippen LogP contribution in [0.15, 0.2) is 30.3 Å². The molecular weight excluding hydrogens is 358 g/mol. The Balaban J connectivity index is 1.97. The van der Waals surface area contributed by atoms with Gasteiger partial charge in [0.05, 0.1) is 0 Å². The highest BCUT2D eigenvalue weighted by Gasteiger charge is 2.54. The molecule has 0 aromatic heterocycles. The quantitative estimate of drug-likeness (QED) is 0.439. The number of benzene rings is 1. The van der Waals surface area contributed by atoms with Crippen LogP contribution in [0.1, 0.15) is 5.56 Å². The molecule has 4 N–H and O–H groups in total. The number of nitrogens with one attached hydrogen (secondary N) is 1. The zero-order valence-corrected chi connectivity index (χ0v) is 13.5. The van der Waals surface area contributed by atoms with E-state index >= 15 is 0 Å². The molecule has 3 amide bonds. The van der Waals surface area contributed by atoms with Crippen LogP contribution in [0.2, 0.25) is 0 Å². The predicted octanol–water partition coefficient (Wildman–Crippen LogP) is -0.610.